The molecule has 0 saturated heterocycles. The monoisotopic (exact) mass is 479 g/mol. The third kappa shape index (κ3) is 3.55. The van der Waals surface area contributed by atoms with Gasteiger partial charge >= 0.3 is 6.18 Å². The maximum atomic E-state index is 13.3. The lowest BCUT2D eigenvalue weighted by Crippen LogP contribution is -2.06. The molecular formula is C20H10Br2F3N. The highest BCUT2D eigenvalue weighted by atomic mass is 79.9. The van der Waals surface area contributed by atoms with Crippen LogP contribution in [0.5, 0.6) is 0 Å². The molecule has 0 aliphatic heterocycles. The fourth-order valence-corrected chi connectivity index (χ4v) is 3.67. The van der Waals surface area contributed by atoms with Gasteiger partial charge in [-0.15, -0.1) is 0 Å². The van der Waals surface area contributed by atoms with Crippen molar-refractivity contribution in [2.45, 2.75) is 6.18 Å². The molecule has 1 saturated carbocycles. The van der Waals surface area contributed by atoms with Crippen molar-refractivity contribution < 1.29 is 13.2 Å². The number of alkyl halides is 3. The summed E-state index contributed by atoms with van der Waals surface area (Å²) in [5.41, 5.74) is 2.23. The van der Waals surface area contributed by atoms with E-state index in [9.17, 15) is 18.4 Å². The van der Waals surface area contributed by atoms with Crippen molar-refractivity contribution in [1.29, 1.82) is 5.26 Å². The third-order valence-corrected chi connectivity index (χ3v) is 5.53. The van der Waals surface area contributed by atoms with Crippen LogP contribution >= 0.6 is 31.9 Å². The van der Waals surface area contributed by atoms with E-state index in [1.54, 1.807) is 54.6 Å². The van der Waals surface area contributed by atoms with Crippen molar-refractivity contribution in [3.05, 3.63) is 93.0 Å². The van der Waals surface area contributed by atoms with Gasteiger partial charge in [0, 0.05) is 21.2 Å². The second-order valence-electron chi connectivity index (χ2n) is 5.47. The molecule has 26 heavy (non-hydrogen) atoms. The fourth-order valence-electron chi connectivity index (χ4n) is 2.62. The van der Waals surface area contributed by atoms with Crippen LogP contribution in [0.15, 0.2) is 81.9 Å². The van der Waals surface area contributed by atoms with Crippen LogP contribution in [-0.4, -0.2) is 6.18 Å². The Bertz CT molecular complexity index is 979. The summed E-state index contributed by atoms with van der Waals surface area (Å²) in [6.45, 7) is 0. The van der Waals surface area contributed by atoms with Crippen LogP contribution in [0.4, 0.5) is 13.2 Å². The largest absolute Gasteiger partial charge is 0.423 e. The second kappa shape index (κ2) is 7.26. The minimum Gasteiger partial charge on any atom is -0.192 e. The van der Waals surface area contributed by atoms with Crippen LogP contribution in [0.1, 0.15) is 11.1 Å². The van der Waals surface area contributed by atoms with E-state index < -0.39 is 10.7 Å². The number of nitrogens with zero attached hydrogens (tertiary/aromatic N) is 1. The Hall–Kier alpha value is -2.10. The predicted octanol–water partition coefficient (Wildman–Crippen LogP) is 6.99. The molecular weight excluding hydrogens is 471 g/mol. The number of hydrogen-bond donors (Lipinski definition) is 0. The Morgan fingerprint density at radius 3 is 1.73 bits per heavy atom. The van der Waals surface area contributed by atoms with Gasteiger partial charge in [0.25, 0.3) is 0 Å². The van der Waals surface area contributed by atoms with E-state index in [0.717, 1.165) is 5.56 Å². The molecule has 0 atom stereocenters. The predicted molar refractivity (Wildman–Crippen MR) is 103 cm³/mol. The summed E-state index contributed by atoms with van der Waals surface area (Å²) in [5, 5.41) is 9.60. The number of allylic oxidation sites excluding steroid dienone is 5. The highest BCUT2D eigenvalue weighted by Gasteiger charge is 2.46. The average molecular weight is 481 g/mol. The quantitative estimate of drug-likeness (QED) is 0.424. The van der Waals surface area contributed by atoms with Gasteiger partial charge in [0.05, 0.1) is 5.57 Å². The summed E-state index contributed by atoms with van der Waals surface area (Å²) in [6.07, 6.45) is -4.54. The van der Waals surface area contributed by atoms with Crippen LogP contribution in [0.25, 0.3) is 10.1 Å². The highest BCUT2D eigenvalue weighted by molar-refractivity contribution is 9.15. The molecule has 1 aliphatic rings. The normalized spacial score (nSPS) is 19.5. The van der Waals surface area contributed by atoms with Crippen LogP contribution in [0, 0.1) is 11.3 Å². The van der Waals surface area contributed by atoms with E-state index in [4.69, 9.17) is 0 Å². The molecule has 0 unspecified atom stereocenters. The number of rotatable bonds is 2. The molecule has 130 valence electrons. The smallest absolute Gasteiger partial charge is 0.192 e. The molecule has 2 aromatic rings. The highest BCUT2D eigenvalue weighted by Crippen LogP contribution is 2.58. The molecule has 0 radical (unpaired) electrons. The van der Waals surface area contributed by atoms with E-state index in [0.29, 0.717) is 21.2 Å². The van der Waals surface area contributed by atoms with Gasteiger partial charge in [0.15, 0.2) is 0 Å². The molecule has 0 N–H and O–H groups in total. The molecule has 0 aromatic heterocycles. The topological polar surface area (TPSA) is 23.8 Å². The first-order valence-electron chi connectivity index (χ1n) is 7.49. The third-order valence-electron chi connectivity index (χ3n) is 3.83. The molecule has 1 nitrogen and oxygen atoms in total. The molecule has 1 aliphatic carbocycles. The van der Waals surface area contributed by atoms with Gasteiger partial charge in [-0.3, -0.25) is 0 Å². The van der Waals surface area contributed by atoms with Gasteiger partial charge < -0.3 is 0 Å². The molecule has 0 bridgehead atoms. The SMILES string of the molecule is N#C/C(=C1/C(=C(Br)c2ccccc2)/C1=C(/Br)C(F)(F)F)c1ccccc1. The molecule has 1 fully saturated rings. The summed E-state index contributed by atoms with van der Waals surface area (Å²) < 4.78 is 39.5. The Morgan fingerprint density at radius 2 is 1.27 bits per heavy atom. The van der Waals surface area contributed by atoms with Crippen LogP contribution in [-0.2, 0) is 0 Å². The number of nitriles is 1. The first-order chi connectivity index (χ1) is 12.4. The summed E-state index contributed by atoms with van der Waals surface area (Å²) in [5.74, 6) is 0. The number of hydrogen-bond acceptors (Lipinski definition) is 1. The molecule has 6 heteroatoms. The lowest BCUT2D eigenvalue weighted by Gasteiger charge is -2.02. The Balaban J connectivity index is 2.30. The van der Waals surface area contributed by atoms with Crippen molar-refractivity contribution in [2.24, 2.45) is 0 Å². The summed E-state index contributed by atoms with van der Waals surface area (Å²) in [7, 11) is 0. The van der Waals surface area contributed by atoms with Crippen molar-refractivity contribution in [1.82, 2.24) is 0 Å². The zero-order valence-corrected chi connectivity index (χ0v) is 16.3. The van der Waals surface area contributed by atoms with Crippen molar-refractivity contribution >= 4 is 41.9 Å². The minimum atomic E-state index is -4.54. The van der Waals surface area contributed by atoms with Crippen LogP contribution < -0.4 is 0 Å². The summed E-state index contributed by atoms with van der Waals surface area (Å²) in [4.78, 5) is 0. The Morgan fingerprint density at radius 1 is 0.769 bits per heavy atom. The first kappa shape index (κ1) is 18.7. The van der Waals surface area contributed by atoms with Gasteiger partial charge in [0.1, 0.15) is 10.6 Å². The summed E-state index contributed by atoms with van der Waals surface area (Å²) >= 11 is 6.09. The second-order valence-corrected chi connectivity index (χ2v) is 7.06. The lowest BCUT2D eigenvalue weighted by atomic mass is 10.1. The van der Waals surface area contributed by atoms with E-state index in [1.807, 2.05) is 6.07 Å². The minimum absolute atomic E-state index is 0.00799. The zero-order chi connectivity index (χ0) is 18.9. The van der Waals surface area contributed by atoms with Crippen molar-refractivity contribution in [2.75, 3.05) is 0 Å². The van der Waals surface area contributed by atoms with E-state index in [1.165, 1.54) is 0 Å². The Kier molecular flexibility index (Phi) is 5.22. The molecule has 3 rings (SSSR count). The first-order valence-corrected chi connectivity index (χ1v) is 9.08. The van der Waals surface area contributed by atoms with E-state index in [-0.39, 0.29) is 11.1 Å². The molecule has 0 heterocycles. The van der Waals surface area contributed by atoms with E-state index >= 15 is 0 Å². The maximum Gasteiger partial charge on any atom is 0.423 e. The van der Waals surface area contributed by atoms with Gasteiger partial charge in [0.2, 0.25) is 0 Å². The maximum absolute atomic E-state index is 13.3. The Labute approximate surface area is 165 Å². The number of halogens is 5. The summed E-state index contributed by atoms with van der Waals surface area (Å²) in [6, 6.07) is 19.7. The molecule has 0 spiro atoms. The molecule has 2 aromatic carbocycles. The fraction of sp³-hybridized carbons (Fsp3) is 0.0500. The standard InChI is InChI=1S/C20H10Br2F3N/c21-18(13-9-5-2-6-10-13)16-15(17(16)19(22)20(23,24)25)14(11-26)12-7-3-1-4-8-12/h1-10H/b15-14+,18-16?,19-17+. The van der Waals surface area contributed by atoms with Gasteiger partial charge in [-0.1, -0.05) is 60.7 Å². The average Bonchev–Trinajstić information content (AvgIpc) is 3.36. The van der Waals surface area contributed by atoms with Gasteiger partial charge in [-0.2, -0.15) is 18.4 Å². The number of benzene rings is 2. The molecule has 0 amide bonds. The van der Waals surface area contributed by atoms with Gasteiger partial charge in [-0.25, -0.2) is 0 Å². The van der Waals surface area contributed by atoms with E-state index in [2.05, 4.69) is 37.9 Å². The van der Waals surface area contributed by atoms with Gasteiger partial charge in [-0.05, 0) is 43.0 Å². The van der Waals surface area contributed by atoms with Crippen LogP contribution in [0.3, 0.4) is 0 Å². The van der Waals surface area contributed by atoms with Crippen molar-refractivity contribution in [3.63, 3.8) is 0 Å². The zero-order valence-electron chi connectivity index (χ0n) is 13.1. The van der Waals surface area contributed by atoms with Crippen molar-refractivity contribution in [3.8, 4) is 6.07 Å². The lowest BCUT2D eigenvalue weighted by molar-refractivity contribution is -0.0830. The van der Waals surface area contributed by atoms with Crippen LogP contribution in [0.2, 0.25) is 0 Å².